The van der Waals surface area contributed by atoms with Crippen LogP contribution in [0.3, 0.4) is 0 Å². The third-order valence-corrected chi connectivity index (χ3v) is 7.30. The lowest BCUT2D eigenvalue weighted by Gasteiger charge is -2.48. The van der Waals surface area contributed by atoms with E-state index in [1.165, 1.54) is 83.8 Å². The molecule has 0 amide bonds. The van der Waals surface area contributed by atoms with Gasteiger partial charge in [-0.15, -0.1) is 0 Å². The Balaban J connectivity index is 1.88. The van der Waals surface area contributed by atoms with E-state index in [0.717, 1.165) is 12.6 Å². The van der Waals surface area contributed by atoms with Crippen LogP contribution in [0.4, 0.5) is 0 Å². The first-order valence-electron chi connectivity index (χ1n) is 10.9. The molecule has 0 aromatic carbocycles. The normalized spacial score (nSPS) is 25.6. The largest absolute Gasteiger partial charge is 0.313 e. The van der Waals surface area contributed by atoms with Crippen molar-refractivity contribution in [3.8, 4) is 0 Å². The second kappa shape index (κ2) is 9.57. The predicted octanol–water partition coefficient (Wildman–Crippen LogP) is 5.43. The summed E-state index contributed by atoms with van der Waals surface area (Å²) in [6, 6.07) is 0.745. The van der Waals surface area contributed by atoms with Crippen LogP contribution in [-0.4, -0.2) is 37.1 Å². The van der Waals surface area contributed by atoms with Crippen molar-refractivity contribution < 1.29 is 0 Å². The van der Waals surface area contributed by atoms with Gasteiger partial charge >= 0.3 is 0 Å². The number of hydrogen-bond acceptors (Lipinski definition) is 2. The first kappa shape index (κ1) is 20.2. The highest BCUT2D eigenvalue weighted by Crippen LogP contribution is 2.54. The van der Waals surface area contributed by atoms with Gasteiger partial charge in [0.05, 0.1) is 0 Å². The van der Waals surface area contributed by atoms with Crippen LogP contribution >= 0.6 is 0 Å². The molecular weight excluding hydrogens is 292 g/mol. The average Bonchev–Trinajstić information content (AvgIpc) is 2.98. The first-order valence-corrected chi connectivity index (χ1v) is 10.9. The van der Waals surface area contributed by atoms with Crippen LogP contribution in [0.25, 0.3) is 0 Å². The molecule has 1 unspecified atom stereocenters. The molecule has 1 saturated heterocycles. The summed E-state index contributed by atoms with van der Waals surface area (Å²) < 4.78 is 0. The van der Waals surface area contributed by atoms with Crippen molar-refractivity contribution in [3.63, 3.8) is 0 Å². The molecule has 1 radical (unpaired) electrons. The highest BCUT2D eigenvalue weighted by Gasteiger charge is 2.47. The smallest absolute Gasteiger partial charge is 0.0127 e. The van der Waals surface area contributed by atoms with Crippen LogP contribution in [-0.2, 0) is 0 Å². The summed E-state index contributed by atoms with van der Waals surface area (Å²) in [5, 5.41) is 3.87. The van der Waals surface area contributed by atoms with E-state index in [9.17, 15) is 0 Å². The molecule has 2 nitrogen and oxygen atoms in total. The molecule has 2 aliphatic rings. The highest BCUT2D eigenvalue weighted by molar-refractivity contribution is 5.03. The first-order chi connectivity index (χ1) is 11.6. The fourth-order valence-electron chi connectivity index (χ4n) is 5.69. The number of hydrogen-bond donors (Lipinski definition) is 1. The Morgan fingerprint density at radius 2 is 1.54 bits per heavy atom. The Morgan fingerprint density at radius 1 is 0.917 bits per heavy atom. The van der Waals surface area contributed by atoms with Crippen LogP contribution in [0.5, 0.6) is 0 Å². The fraction of sp³-hybridized carbons (Fsp3) is 0.955. The van der Waals surface area contributed by atoms with Crippen molar-refractivity contribution in [1.29, 1.82) is 0 Å². The van der Waals surface area contributed by atoms with Gasteiger partial charge in [0.2, 0.25) is 0 Å². The quantitative estimate of drug-likeness (QED) is 0.572. The SMILES string of the molecule is CCCC1(CCC)CCC2(CCNC2C[CH]CN(CC)CC)CC1. The summed E-state index contributed by atoms with van der Waals surface area (Å²) in [6.07, 6.45) is 16.8. The molecule has 24 heavy (non-hydrogen) atoms. The maximum absolute atomic E-state index is 3.87. The van der Waals surface area contributed by atoms with E-state index in [0.29, 0.717) is 10.8 Å². The second-order valence-electron chi connectivity index (χ2n) is 8.63. The summed E-state index contributed by atoms with van der Waals surface area (Å²) >= 11 is 0. The maximum Gasteiger partial charge on any atom is 0.0127 e. The molecule has 1 heterocycles. The average molecular weight is 336 g/mol. The zero-order valence-electron chi connectivity index (χ0n) is 17.0. The number of nitrogens with one attached hydrogen (secondary N) is 1. The van der Waals surface area contributed by atoms with E-state index < -0.39 is 0 Å². The Bertz CT molecular complexity index is 332. The van der Waals surface area contributed by atoms with Crippen LogP contribution < -0.4 is 5.32 Å². The Morgan fingerprint density at radius 3 is 2.08 bits per heavy atom. The van der Waals surface area contributed by atoms with E-state index in [2.05, 4.69) is 44.3 Å². The molecule has 0 bridgehead atoms. The molecule has 0 aromatic rings. The Hall–Kier alpha value is -0.0800. The molecule has 1 aliphatic heterocycles. The topological polar surface area (TPSA) is 15.3 Å². The van der Waals surface area contributed by atoms with Crippen molar-refractivity contribution in [2.24, 2.45) is 10.8 Å². The molecule has 0 aromatic heterocycles. The summed E-state index contributed by atoms with van der Waals surface area (Å²) in [5.74, 6) is 0. The predicted molar refractivity (Wildman–Crippen MR) is 106 cm³/mol. The van der Waals surface area contributed by atoms with Gasteiger partial charge < -0.3 is 10.2 Å². The van der Waals surface area contributed by atoms with E-state index in [1.807, 2.05) is 0 Å². The summed E-state index contributed by atoms with van der Waals surface area (Å²) in [7, 11) is 0. The lowest BCUT2D eigenvalue weighted by atomic mass is 9.58. The van der Waals surface area contributed by atoms with Crippen molar-refractivity contribution in [1.82, 2.24) is 10.2 Å². The van der Waals surface area contributed by atoms with Gasteiger partial charge in [0.15, 0.2) is 0 Å². The molecule has 1 atom stereocenters. The van der Waals surface area contributed by atoms with Gasteiger partial charge in [0, 0.05) is 12.6 Å². The van der Waals surface area contributed by atoms with Gasteiger partial charge in [-0.25, -0.2) is 0 Å². The van der Waals surface area contributed by atoms with Gasteiger partial charge in [-0.2, -0.15) is 0 Å². The van der Waals surface area contributed by atoms with Crippen molar-refractivity contribution in [2.75, 3.05) is 26.2 Å². The summed E-state index contributed by atoms with van der Waals surface area (Å²) in [4.78, 5) is 2.52. The summed E-state index contributed by atoms with van der Waals surface area (Å²) in [5.41, 5.74) is 1.30. The summed E-state index contributed by atoms with van der Waals surface area (Å²) in [6.45, 7) is 14.1. The van der Waals surface area contributed by atoms with Crippen molar-refractivity contribution in [2.45, 2.75) is 97.9 Å². The van der Waals surface area contributed by atoms with Crippen LogP contribution in [0.2, 0.25) is 0 Å². The van der Waals surface area contributed by atoms with Gasteiger partial charge in [-0.05, 0) is 88.3 Å². The van der Waals surface area contributed by atoms with Gasteiger partial charge in [0.1, 0.15) is 0 Å². The zero-order chi connectivity index (χ0) is 17.5. The molecule has 2 fully saturated rings. The highest BCUT2D eigenvalue weighted by atomic mass is 15.1. The minimum absolute atomic E-state index is 0.616. The molecular formula is C22H43N2. The van der Waals surface area contributed by atoms with Gasteiger partial charge in [0.25, 0.3) is 0 Å². The van der Waals surface area contributed by atoms with Crippen LogP contribution in [0.1, 0.15) is 91.9 Å². The van der Waals surface area contributed by atoms with Crippen LogP contribution in [0, 0.1) is 17.3 Å². The molecule has 1 N–H and O–H groups in total. The Labute approximate surface area is 152 Å². The molecule has 2 heteroatoms. The van der Waals surface area contributed by atoms with E-state index in [1.54, 1.807) is 0 Å². The molecule has 1 spiro atoms. The number of rotatable bonds is 10. The minimum Gasteiger partial charge on any atom is -0.313 e. The number of nitrogens with zero attached hydrogens (tertiary/aromatic N) is 1. The minimum atomic E-state index is 0.616. The fourth-order valence-corrected chi connectivity index (χ4v) is 5.69. The zero-order valence-corrected chi connectivity index (χ0v) is 17.0. The lowest BCUT2D eigenvalue weighted by molar-refractivity contribution is 0.0508. The maximum atomic E-state index is 3.87. The molecule has 1 aliphatic carbocycles. The van der Waals surface area contributed by atoms with Gasteiger partial charge in [-0.3, -0.25) is 0 Å². The Kier molecular flexibility index (Phi) is 8.07. The molecule has 1 saturated carbocycles. The molecule has 141 valence electrons. The third kappa shape index (κ3) is 4.75. The lowest BCUT2D eigenvalue weighted by Crippen LogP contribution is -2.43. The van der Waals surface area contributed by atoms with Crippen LogP contribution in [0.15, 0.2) is 0 Å². The standard InChI is InChI=1S/C22H43N2/c1-5-11-21(12-6-2)13-15-22(16-14-21)17-18-23-20(22)10-9-19-24(7-3)8-4/h9,20,23H,5-8,10-19H2,1-4H3. The van der Waals surface area contributed by atoms with Gasteiger partial charge in [-0.1, -0.05) is 40.5 Å². The molecule has 2 rings (SSSR count). The van der Waals surface area contributed by atoms with Crippen molar-refractivity contribution in [3.05, 3.63) is 6.42 Å². The monoisotopic (exact) mass is 335 g/mol. The third-order valence-electron chi connectivity index (χ3n) is 7.30. The van der Waals surface area contributed by atoms with E-state index >= 15 is 0 Å². The van der Waals surface area contributed by atoms with E-state index in [4.69, 9.17) is 0 Å². The second-order valence-corrected chi connectivity index (χ2v) is 8.63. The van der Waals surface area contributed by atoms with E-state index in [-0.39, 0.29) is 0 Å². The van der Waals surface area contributed by atoms with Crippen molar-refractivity contribution >= 4 is 0 Å².